The van der Waals surface area contributed by atoms with Crippen molar-refractivity contribution in [2.45, 2.75) is 361 Å². The van der Waals surface area contributed by atoms with Gasteiger partial charge in [0.15, 0.2) is 6.10 Å². The van der Waals surface area contributed by atoms with Crippen LogP contribution in [0.5, 0.6) is 0 Å². The van der Waals surface area contributed by atoms with E-state index in [0.29, 0.717) is 19.3 Å². The van der Waals surface area contributed by atoms with E-state index in [1.807, 2.05) is 0 Å². The van der Waals surface area contributed by atoms with Crippen molar-refractivity contribution in [3.63, 3.8) is 0 Å². The molecule has 6 nitrogen and oxygen atoms in total. The number of esters is 3. The van der Waals surface area contributed by atoms with Gasteiger partial charge in [0.25, 0.3) is 0 Å². The van der Waals surface area contributed by atoms with Gasteiger partial charge >= 0.3 is 17.9 Å². The van der Waals surface area contributed by atoms with Crippen LogP contribution in [0.4, 0.5) is 0 Å². The largest absolute Gasteiger partial charge is 0.462 e. The second-order valence-electron chi connectivity index (χ2n) is 22.7. The van der Waals surface area contributed by atoms with E-state index in [2.05, 4.69) is 81.5 Å². The highest BCUT2D eigenvalue weighted by Gasteiger charge is 2.19. The Labute approximate surface area is 479 Å². The smallest absolute Gasteiger partial charge is 0.306 e. The van der Waals surface area contributed by atoms with E-state index < -0.39 is 6.10 Å². The summed E-state index contributed by atoms with van der Waals surface area (Å²) in [5, 5.41) is 0. The van der Waals surface area contributed by atoms with E-state index in [9.17, 15) is 14.4 Å². The third-order valence-corrected chi connectivity index (χ3v) is 15.0. The van der Waals surface area contributed by atoms with Crippen molar-refractivity contribution in [3.05, 3.63) is 60.8 Å². The number of carbonyl (C=O) groups is 3. The van der Waals surface area contributed by atoms with Crippen LogP contribution in [0.1, 0.15) is 355 Å². The van der Waals surface area contributed by atoms with Crippen LogP contribution in [-0.2, 0) is 28.6 Å². The third-order valence-electron chi connectivity index (χ3n) is 15.0. The summed E-state index contributed by atoms with van der Waals surface area (Å²) in [6, 6.07) is 0. The Morgan fingerprint density at radius 3 is 0.805 bits per heavy atom. The molecule has 1 atom stereocenters. The average Bonchev–Trinajstić information content (AvgIpc) is 3.43. The fourth-order valence-corrected chi connectivity index (χ4v) is 9.96. The molecule has 0 aliphatic carbocycles. The molecule has 0 spiro atoms. The van der Waals surface area contributed by atoms with E-state index in [1.54, 1.807) is 0 Å². The Kier molecular flexibility index (Phi) is 63.2. The van der Waals surface area contributed by atoms with Gasteiger partial charge in [-0.25, -0.2) is 0 Å². The van der Waals surface area contributed by atoms with Gasteiger partial charge in [-0.05, 0) is 83.5 Å². The number of hydrogen-bond acceptors (Lipinski definition) is 6. The maximum absolute atomic E-state index is 12.9. The van der Waals surface area contributed by atoms with Crippen LogP contribution in [0, 0.1) is 0 Å². The lowest BCUT2D eigenvalue weighted by Crippen LogP contribution is -2.30. The number of hydrogen-bond donors (Lipinski definition) is 0. The lowest BCUT2D eigenvalue weighted by molar-refractivity contribution is -0.167. The van der Waals surface area contributed by atoms with Crippen LogP contribution in [0.3, 0.4) is 0 Å². The molecule has 0 heterocycles. The molecule has 1 unspecified atom stereocenters. The maximum Gasteiger partial charge on any atom is 0.306 e. The molecule has 0 aromatic carbocycles. The van der Waals surface area contributed by atoms with Crippen LogP contribution < -0.4 is 0 Å². The zero-order valence-corrected chi connectivity index (χ0v) is 51.5. The number of unbranched alkanes of at least 4 members (excludes halogenated alkanes) is 41. The molecule has 0 N–H and O–H groups in total. The van der Waals surface area contributed by atoms with Crippen LogP contribution in [-0.4, -0.2) is 37.2 Å². The molecule has 0 saturated carbocycles. The zero-order valence-electron chi connectivity index (χ0n) is 51.5. The molecule has 0 bridgehead atoms. The standard InChI is InChI=1S/C71H128O6/c1-4-7-10-13-16-19-21-23-25-27-29-30-31-32-33-34-35-36-37-38-39-40-41-42-43-45-46-48-50-52-55-58-61-64-70(73)76-67-68(66-75-69(72)63-60-57-54-18-15-12-9-6-3)77-71(74)65-62-59-56-53-51-49-47-44-28-26-24-22-20-17-14-11-8-5-2/h7,10,16,19,23,25-26,28-30,68H,4-6,8-9,11-15,17-18,20-22,24,27,31-67H2,1-3H3/b10-7-,19-16-,25-23-,28-26-,30-29-. The maximum atomic E-state index is 12.9. The Morgan fingerprint density at radius 1 is 0.273 bits per heavy atom. The molecule has 448 valence electrons. The molecule has 0 aliphatic rings. The molecular formula is C71H128O6. The van der Waals surface area contributed by atoms with E-state index in [0.717, 1.165) is 83.5 Å². The number of rotatable bonds is 62. The van der Waals surface area contributed by atoms with Gasteiger partial charge in [-0.1, -0.05) is 313 Å². The predicted octanol–water partition coefficient (Wildman–Crippen LogP) is 23.1. The molecule has 0 aromatic heterocycles. The number of ether oxygens (including phenoxy) is 3. The van der Waals surface area contributed by atoms with E-state index >= 15 is 0 Å². The minimum atomic E-state index is -0.771. The lowest BCUT2D eigenvalue weighted by atomic mass is 10.0. The number of allylic oxidation sites excluding steroid dienone is 10. The van der Waals surface area contributed by atoms with Gasteiger partial charge in [0.1, 0.15) is 13.2 Å². The first-order valence-corrected chi connectivity index (χ1v) is 33.8. The SMILES string of the molecule is CC/C=C\C/C=C\C/C=C\C/C=C\CCCCCCCCCCCCCCCCCCCCCCC(=O)OCC(COC(=O)CCCCCCCCCC)OC(=O)CCCCCCCCC/C=C\CCCCCCCCC. The molecule has 0 aromatic rings. The molecule has 0 aliphatic heterocycles. The molecule has 0 saturated heterocycles. The van der Waals surface area contributed by atoms with E-state index in [4.69, 9.17) is 14.2 Å². The van der Waals surface area contributed by atoms with Crippen LogP contribution in [0.25, 0.3) is 0 Å². The van der Waals surface area contributed by atoms with Gasteiger partial charge in [0, 0.05) is 19.3 Å². The van der Waals surface area contributed by atoms with Crippen molar-refractivity contribution in [2.75, 3.05) is 13.2 Å². The molecule has 6 heteroatoms. The quantitative estimate of drug-likeness (QED) is 0.0261. The first-order valence-electron chi connectivity index (χ1n) is 33.8. The van der Waals surface area contributed by atoms with Gasteiger partial charge in [-0.2, -0.15) is 0 Å². The Morgan fingerprint density at radius 2 is 0.506 bits per heavy atom. The van der Waals surface area contributed by atoms with E-state index in [-0.39, 0.29) is 31.1 Å². The fourth-order valence-electron chi connectivity index (χ4n) is 9.96. The highest BCUT2D eigenvalue weighted by molar-refractivity contribution is 5.71. The van der Waals surface area contributed by atoms with Crippen molar-refractivity contribution < 1.29 is 28.6 Å². The molecule has 0 fully saturated rings. The average molecular weight is 1080 g/mol. The highest BCUT2D eigenvalue weighted by atomic mass is 16.6. The summed E-state index contributed by atoms with van der Waals surface area (Å²) in [6.45, 7) is 6.54. The van der Waals surface area contributed by atoms with Crippen molar-refractivity contribution in [3.8, 4) is 0 Å². The predicted molar refractivity (Wildman–Crippen MR) is 335 cm³/mol. The molecule has 0 radical (unpaired) electrons. The van der Waals surface area contributed by atoms with E-state index in [1.165, 1.54) is 231 Å². The van der Waals surface area contributed by atoms with Crippen LogP contribution in [0.2, 0.25) is 0 Å². The van der Waals surface area contributed by atoms with Gasteiger partial charge in [0.2, 0.25) is 0 Å². The number of carbonyl (C=O) groups excluding carboxylic acids is 3. The molecular weight excluding hydrogens is 949 g/mol. The third kappa shape index (κ3) is 63.8. The second kappa shape index (κ2) is 65.6. The zero-order chi connectivity index (χ0) is 55.7. The van der Waals surface area contributed by atoms with Gasteiger partial charge < -0.3 is 14.2 Å². The van der Waals surface area contributed by atoms with Crippen molar-refractivity contribution in [2.24, 2.45) is 0 Å². The molecule has 77 heavy (non-hydrogen) atoms. The lowest BCUT2D eigenvalue weighted by Gasteiger charge is -2.18. The second-order valence-corrected chi connectivity index (χ2v) is 22.7. The monoisotopic (exact) mass is 1080 g/mol. The minimum absolute atomic E-state index is 0.0702. The summed E-state index contributed by atoms with van der Waals surface area (Å²) in [6.07, 6.45) is 84.1. The Bertz CT molecular complexity index is 1380. The summed E-state index contributed by atoms with van der Waals surface area (Å²) >= 11 is 0. The van der Waals surface area contributed by atoms with Crippen LogP contribution in [0.15, 0.2) is 60.8 Å². The summed E-state index contributed by atoms with van der Waals surface area (Å²) < 4.78 is 16.9. The minimum Gasteiger partial charge on any atom is -0.462 e. The first-order chi connectivity index (χ1) is 38.0. The van der Waals surface area contributed by atoms with Gasteiger partial charge in [0.05, 0.1) is 0 Å². The first kappa shape index (κ1) is 74.1. The summed E-state index contributed by atoms with van der Waals surface area (Å²) in [5.74, 6) is -0.858. The topological polar surface area (TPSA) is 78.9 Å². The summed E-state index contributed by atoms with van der Waals surface area (Å²) in [7, 11) is 0. The highest BCUT2D eigenvalue weighted by Crippen LogP contribution is 2.18. The van der Waals surface area contributed by atoms with Crippen molar-refractivity contribution in [1.29, 1.82) is 0 Å². The van der Waals surface area contributed by atoms with Gasteiger partial charge in [-0.15, -0.1) is 0 Å². The van der Waals surface area contributed by atoms with Crippen molar-refractivity contribution in [1.82, 2.24) is 0 Å². The van der Waals surface area contributed by atoms with Crippen molar-refractivity contribution >= 4 is 17.9 Å². The Balaban J connectivity index is 4.02. The van der Waals surface area contributed by atoms with Crippen LogP contribution >= 0.6 is 0 Å². The normalized spacial score (nSPS) is 12.4. The molecule has 0 rings (SSSR count). The molecule has 0 amide bonds. The Hall–Kier alpha value is -2.89. The summed E-state index contributed by atoms with van der Waals surface area (Å²) in [5.41, 5.74) is 0. The van der Waals surface area contributed by atoms with Gasteiger partial charge in [-0.3, -0.25) is 14.4 Å². The fraction of sp³-hybridized carbons (Fsp3) is 0.817. The summed E-state index contributed by atoms with van der Waals surface area (Å²) in [4.78, 5) is 38.1.